The summed E-state index contributed by atoms with van der Waals surface area (Å²) in [4.78, 5) is 0. The van der Waals surface area contributed by atoms with Crippen LogP contribution in [-0.2, 0) is 0 Å². The van der Waals surface area contributed by atoms with Crippen LogP contribution in [0.2, 0.25) is 0 Å². The lowest BCUT2D eigenvalue weighted by Crippen LogP contribution is -1.94. The van der Waals surface area contributed by atoms with Crippen LogP contribution in [-0.4, -0.2) is 5.92 Å². The summed E-state index contributed by atoms with van der Waals surface area (Å²) in [6, 6.07) is 0. The van der Waals surface area contributed by atoms with Gasteiger partial charge in [-0.05, 0) is 12.8 Å². The van der Waals surface area contributed by atoms with Gasteiger partial charge in [-0.15, -0.1) is 0 Å². The lowest BCUT2D eigenvalue weighted by molar-refractivity contribution is 0.0812. The van der Waals surface area contributed by atoms with Crippen LogP contribution in [0.15, 0.2) is 0 Å². The van der Waals surface area contributed by atoms with Gasteiger partial charge in [-0.1, -0.05) is 26.7 Å². The van der Waals surface area contributed by atoms with E-state index in [2.05, 4.69) is 0 Å². The van der Waals surface area contributed by atoms with E-state index in [0.717, 1.165) is 12.8 Å². The third kappa shape index (κ3) is 1.54. The maximum absolute atomic E-state index is 12.8. The van der Waals surface area contributed by atoms with E-state index in [0.29, 0.717) is 12.8 Å². The zero-order chi connectivity index (χ0) is 8.48. The van der Waals surface area contributed by atoms with Gasteiger partial charge < -0.3 is 0 Å². The van der Waals surface area contributed by atoms with Gasteiger partial charge in [0.25, 0.3) is 5.92 Å². The van der Waals surface area contributed by atoms with Gasteiger partial charge in [0.1, 0.15) is 0 Å². The quantitative estimate of drug-likeness (QED) is 0.593. The Balaban J connectivity index is 2.34. The average Bonchev–Trinajstić information content (AvgIpc) is 2.41. The van der Waals surface area contributed by atoms with Gasteiger partial charge in [0.15, 0.2) is 0 Å². The third-order valence-electron chi connectivity index (χ3n) is 2.56. The van der Waals surface area contributed by atoms with E-state index < -0.39 is 5.92 Å². The largest absolute Gasteiger partial charge is 0.254 e. The molecule has 0 bridgehead atoms. The standard InChI is InChI=1S/C9H16F2/c1-3-5-7-8(6-4-2)9(7,10)11/h7-8H,3-6H2,1-2H3/t7-,8-/m1/s1. The summed E-state index contributed by atoms with van der Waals surface area (Å²) in [5.74, 6) is -2.88. The second-order valence-corrected chi connectivity index (χ2v) is 3.46. The van der Waals surface area contributed by atoms with E-state index in [-0.39, 0.29) is 11.8 Å². The molecule has 66 valence electrons. The van der Waals surface area contributed by atoms with E-state index in [9.17, 15) is 8.78 Å². The molecule has 0 radical (unpaired) electrons. The molecular weight excluding hydrogens is 146 g/mol. The zero-order valence-electron chi connectivity index (χ0n) is 7.24. The Bertz CT molecular complexity index is 118. The SMILES string of the molecule is CCC[C@@H]1[C@@H](CCC)C1(F)F. The summed E-state index contributed by atoms with van der Waals surface area (Å²) in [5, 5.41) is 0. The molecule has 1 aliphatic rings. The summed E-state index contributed by atoms with van der Waals surface area (Å²) in [6.45, 7) is 3.94. The molecule has 2 heteroatoms. The smallest absolute Gasteiger partial charge is 0.206 e. The van der Waals surface area contributed by atoms with Crippen LogP contribution in [0.4, 0.5) is 8.78 Å². The zero-order valence-corrected chi connectivity index (χ0v) is 7.24. The maximum Gasteiger partial charge on any atom is 0.254 e. The first kappa shape index (κ1) is 8.95. The highest BCUT2D eigenvalue weighted by atomic mass is 19.3. The van der Waals surface area contributed by atoms with Gasteiger partial charge in [0.05, 0.1) is 0 Å². The number of alkyl halides is 2. The van der Waals surface area contributed by atoms with Gasteiger partial charge in [-0.3, -0.25) is 0 Å². The highest BCUT2D eigenvalue weighted by Crippen LogP contribution is 2.59. The predicted molar refractivity (Wildman–Crippen MR) is 41.7 cm³/mol. The molecular formula is C9H16F2. The second-order valence-electron chi connectivity index (χ2n) is 3.46. The maximum atomic E-state index is 12.8. The molecule has 0 aromatic carbocycles. The van der Waals surface area contributed by atoms with Gasteiger partial charge >= 0.3 is 0 Å². The van der Waals surface area contributed by atoms with Crippen molar-refractivity contribution in [2.24, 2.45) is 11.8 Å². The Kier molecular flexibility index (Phi) is 2.50. The molecule has 0 heterocycles. The van der Waals surface area contributed by atoms with Crippen molar-refractivity contribution in [1.82, 2.24) is 0 Å². The molecule has 0 unspecified atom stereocenters. The van der Waals surface area contributed by atoms with Crippen molar-refractivity contribution in [3.05, 3.63) is 0 Å². The van der Waals surface area contributed by atoms with Gasteiger partial charge in [-0.2, -0.15) is 0 Å². The molecule has 1 rings (SSSR count). The predicted octanol–water partition coefficient (Wildman–Crippen LogP) is 3.47. The molecule has 0 aromatic rings. The summed E-state index contributed by atoms with van der Waals surface area (Å²) in [7, 11) is 0. The molecule has 0 amide bonds. The molecule has 0 spiro atoms. The molecule has 0 nitrogen and oxygen atoms in total. The Morgan fingerprint density at radius 1 is 1.00 bits per heavy atom. The highest BCUT2D eigenvalue weighted by Gasteiger charge is 2.65. The molecule has 2 atom stereocenters. The van der Waals surface area contributed by atoms with Crippen molar-refractivity contribution in [2.45, 2.75) is 45.5 Å². The lowest BCUT2D eigenvalue weighted by Gasteiger charge is -1.91. The normalized spacial score (nSPS) is 33.8. The first-order chi connectivity index (χ1) is 5.14. The van der Waals surface area contributed by atoms with E-state index >= 15 is 0 Å². The first-order valence-electron chi connectivity index (χ1n) is 4.52. The van der Waals surface area contributed by atoms with Gasteiger partial charge in [0.2, 0.25) is 0 Å². The van der Waals surface area contributed by atoms with Crippen LogP contribution in [0.1, 0.15) is 39.5 Å². The van der Waals surface area contributed by atoms with Crippen molar-refractivity contribution in [1.29, 1.82) is 0 Å². The van der Waals surface area contributed by atoms with Gasteiger partial charge in [0, 0.05) is 11.8 Å². The minimum absolute atomic E-state index is 0.285. The second kappa shape index (κ2) is 3.08. The number of rotatable bonds is 4. The Labute approximate surface area is 67.0 Å². The Hall–Kier alpha value is -0.140. The minimum atomic E-state index is -2.31. The van der Waals surface area contributed by atoms with E-state index in [1.54, 1.807) is 0 Å². The fraction of sp³-hybridized carbons (Fsp3) is 1.00. The Morgan fingerprint density at radius 3 is 1.64 bits per heavy atom. The van der Waals surface area contributed by atoms with Crippen molar-refractivity contribution in [3.63, 3.8) is 0 Å². The van der Waals surface area contributed by atoms with Crippen molar-refractivity contribution in [2.75, 3.05) is 0 Å². The number of halogens is 2. The van der Waals surface area contributed by atoms with E-state index in [1.807, 2.05) is 13.8 Å². The topological polar surface area (TPSA) is 0 Å². The third-order valence-corrected chi connectivity index (χ3v) is 2.56. The molecule has 0 N–H and O–H groups in total. The summed E-state index contributed by atoms with van der Waals surface area (Å²) >= 11 is 0. The highest BCUT2D eigenvalue weighted by molar-refractivity contribution is 5.04. The van der Waals surface area contributed by atoms with Crippen LogP contribution < -0.4 is 0 Å². The molecule has 0 aromatic heterocycles. The summed E-state index contributed by atoms with van der Waals surface area (Å²) in [5.41, 5.74) is 0. The van der Waals surface area contributed by atoms with Crippen LogP contribution in [0.5, 0.6) is 0 Å². The van der Waals surface area contributed by atoms with Crippen LogP contribution in [0.3, 0.4) is 0 Å². The van der Waals surface area contributed by atoms with E-state index in [4.69, 9.17) is 0 Å². The number of hydrogen-bond acceptors (Lipinski definition) is 0. The van der Waals surface area contributed by atoms with Crippen molar-refractivity contribution >= 4 is 0 Å². The van der Waals surface area contributed by atoms with Crippen molar-refractivity contribution in [3.8, 4) is 0 Å². The minimum Gasteiger partial charge on any atom is -0.206 e. The van der Waals surface area contributed by atoms with Crippen LogP contribution in [0, 0.1) is 11.8 Å². The monoisotopic (exact) mass is 162 g/mol. The fourth-order valence-electron chi connectivity index (χ4n) is 1.87. The molecule has 0 aliphatic heterocycles. The molecule has 1 fully saturated rings. The first-order valence-corrected chi connectivity index (χ1v) is 4.52. The molecule has 11 heavy (non-hydrogen) atoms. The molecule has 0 saturated heterocycles. The van der Waals surface area contributed by atoms with Crippen molar-refractivity contribution < 1.29 is 8.78 Å². The number of hydrogen-bond donors (Lipinski definition) is 0. The average molecular weight is 162 g/mol. The van der Waals surface area contributed by atoms with Gasteiger partial charge in [-0.25, -0.2) is 8.78 Å². The lowest BCUT2D eigenvalue weighted by atomic mass is 10.1. The molecule has 1 saturated carbocycles. The van der Waals surface area contributed by atoms with Crippen LogP contribution in [0.25, 0.3) is 0 Å². The molecule has 1 aliphatic carbocycles. The summed E-state index contributed by atoms with van der Waals surface area (Å²) in [6.07, 6.45) is 3.19. The van der Waals surface area contributed by atoms with E-state index in [1.165, 1.54) is 0 Å². The fourth-order valence-corrected chi connectivity index (χ4v) is 1.87. The summed E-state index contributed by atoms with van der Waals surface area (Å²) < 4.78 is 25.7. The van der Waals surface area contributed by atoms with Crippen LogP contribution >= 0.6 is 0 Å². The Morgan fingerprint density at radius 2 is 1.36 bits per heavy atom.